The molecule has 3 rings (SSSR count). The van der Waals surface area contributed by atoms with Crippen molar-refractivity contribution in [1.29, 1.82) is 0 Å². The molecule has 2 aromatic heterocycles. The van der Waals surface area contributed by atoms with Gasteiger partial charge in [0.15, 0.2) is 11.5 Å². The fourth-order valence-electron chi connectivity index (χ4n) is 3.01. The van der Waals surface area contributed by atoms with E-state index in [-0.39, 0.29) is 23.1 Å². The molecule has 0 spiro atoms. The molecule has 0 bridgehead atoms. The van der Waals surface area contributed by atoms with Crippen LogP contribution in [0.5, 0.6) is 0 Å². The standard InChI is InChI=1S/C16H21ClN6O3/c1-2-26-15(25)10-4-7-23(8-5-10)11(24)3-6-18-13-12-14(20-9-19-12)22-16(17)21-13/h9-10H,2-8H2,1H3,(H2,18,19,20,21,22). The van der Waals surface area contributed by atoms with Crippen molar-refractivity contribution in [3.63, 3.8) is 0 Å². The SMILES string of the molecule is CCOC(=O)C1CCN(C(=O)CCNc2nc(Cl)nc3nc[nH]c23)CC1. The highest BCUT2D eigenvalue weighted by atomic mass is 35.5. The molecule has 0 saturated carbocycles. The van der Waals surface area contributed by atoms with E-state index in [0.717, 1.165) is 0 Å². The number of nitrogens with one attached hydrogen (secondary N) is 2. The number of rotatable bonds is 6. The Bertz CT molecular complexity index is 787. The number of fused-ring (bicyclic) bond motifs is 1. The van der Waals surface area contributed by atoms with Crippen LogP contribution in [0.3, 0.4) is 0 Å². The maximum atomic E-state index is 12.4. The molecular weight excluding hydrogens is 360 g/mol. The number of anilines is 1. The quantitative estimate of drug-likeness (QED) is 0.578. The number of H-pyrrole nitrogens is 1. The van der Waals surface area contributed by atoms with Crippen LogP contribution in [0.25, 0.3) is 11.2 Å². The van der Waals surface area contributed by atoms with Gasteiger partial charge in [0, 0.05) is 26.1 Å². The Morgan fingerprint density at radius 1 is 1.38 bits per heavy atom. The zero-order valence-electron chi connectivity index (χ0n) is 14.5. The topological polar surface area (TPSA) is 113 Å². The van der Waals surface area contributed by atoms with Gasteiger partial charge < -0.3 is 19.9 Å². The van der Waals surface area contributed by atoms with Gasteiger partial charge in [0.1, 0.15) is 5.52 Å². The summed E-state index contributed by atoms with van der Waals surface area (Å²) in [5.74, 6) is 0.298. The van der Waals surface area contributed by atoms with Crippen LogP contribution >= 0.6 is 11.6 Å². The van der Waals surface area contributed by atoms with Crippen molar-refractivity contribution in [3.8, 4) is 0 Å². The first-order valence-corrected chi connectivity index (χ1v) is 9.01. The number of carbonyl (C=O) groups excluding carboxylic acids is 2. The highest BCUT2D eigenvalue weighted by molar-refractivity contribution is 6.28. The van der Waals surface area contributed by atoms with Gasteiger partial charge in [-0.15, -0.1) is 0 Å². The second-order valence-electron chi connectivity index (χ2n) is 6.03. The van der Waals surface area contributed by atoms with Crippen LogP contribution in [0.15, 0.2) is 6.33 Å². The van der Waals surface area contributed by atoms with E-state index in [1.165, 1.54) is 6.33 Å². The molecule has 9 nitrogen and oxygen atoms in total. The lowest BCUT2D eigenvalue weighted by molar-refractivity contribution is -0.151. The molecule has 1 saturated heterocycles. The average Bonchev–Trinajstić information content (AvgIpc) is 3.10. The Morgan fingerprint density at radius 2 is 2.15 bits per heavy atom. The van der Waals surface area contributed by atoms with Crippen molar-refractivity contribution >= 4 is 40.5 Å². The van der Waals surface area contributed by atoms with Crippen molar-refractivity contribution < 1.29 is 14.3 Å². The lowest BCUT2D eigenvalue weighted by Crippen LogP contribution is -2.41. The summed E-state index contributed by atoms with van der Waals surface area (Å²) in [4.78, 5) is 41.0. The highest BCUT2D eigenvalue weighted by Crippen LogP contribution is 2.20. The molecule has 0 aromatic carbocycles. The number of imidazole rings is 1. The van der Waals surface area contributed by atoms with Gasteiger partial charge in [-0.2, -0.15) is 9.97 Å². The lowest BCUT2D eigenvalue weighted by atomic mass is 9.97. The van der Waals surface area contributed by atoms with Gasteiger partial charge >= 0.3 is 5.97 Å². The monoisotopic (exact) mass is 380 g/mol. The summed E-state index contributed by atoms with van der Waals surface area (Å²) in [7, 11) is 0. The average molecular weight is 381 g/mol. The van der Waals surface area contributed by atoms with E-state index in [4.69, 9.17) is 16.3 Å². The van der Waals surface area contributed by atoms with Crippen LogP contribution in [0.2, 0.25) is 5.28 Å². The minimum atomic E-state index is -0.162. The van der Waals surface area contributed by atoms with E-state index < -0.39 is 0 Å². The van der Waals surface area contributed by atoms with Gasteiger partial charge in [0.25, 0.3) is 0 Å². The summed E-state index contributed by atoms with van der Waals surface area (Å²) in [5, 5.41) is 3.20. The summed E-state index contributed by atoms with van der Waals surface area (Å²) in [6.07, 6.45) is 3.13. The minimum absolute atomic E-state index is 0.0424. The molecule has 0 atom stereocenters. The minimum Gasteiger partial charge on any atom is -0.466 e. The molecule has 0 radical (unpaired) electrons. The van der Waals surface area contributed by atoms with Gasteiger partial charge in [-0.05, 0) is 31.4 Å². The molecule has 3 heterocycles. The van der Waals surface area contributed by atoms with Gasteiger partial charge in [0.2, 0.25) is 11.2 Å². The summed E-state index contributed by atoms with van der Waals surface area (Å²) in [5.41, 5.74) is 1.12. The Balaban J connectivity index is 1.47. The van der Waals surface area contributed by atoms with Crippen LogP contribution in [0.1, 0.15) is 26.2 Å². The van der Waals surface area contributed by atoms with Crippen molar-refractivity contribution in [1.82, 2.24) is 24.8 Å². The highest BCUT2D eigenvalue weighted by Gasteiger charge is 2.27. The summed E-state index contributed by atoms with van der Waals surface area (Å²) in [6.45, 7) is 3.75. The predicted molar refractivity (Wildman–Crippen MR) is 95.7 cm³/mol. The molecule has 1 amide bonds. The number of amides is 1. The number of likely N-dealkylation sites (tertiary alicyclic amines) is 1. The number of halogens is 1. The smallest absolute Gasteiger partial charge is 0.309 e. The molecule has 10 heteroatoms. The van der Waals surface area contributed by atoms with E-state index in [2.05, 4.69) is 25.3 Å². The number of hydrogen-bond acceptors (Lipinski definition) is 7. The van der Waals surface area contributed by atoms with Crippen LogP contribution in [-0.2, 0) is 14.3 Å². The predicted octanol–water partition coefficient (Wildman–Crippen LogP) is 1.61. The van der Waals surface area contributed by atoms with E-state index in [1.54, 1.807) is 11.8 Å². The third kappa shape index (κ3) is 4.21. The van der Waals surface area contributed by atoms with Crippen molar-refractivity contribution in [3.05, 3.63) is 11.6 Å². The number of esters is 1. The molecule has 2 N–H and O–H groups in total. The van der Waals surface area contributed by atoms with Gasteiger partial charge in [0.05, 0.1) is 18.9 Å². The largest absolute Gasteiger partial charge is 0.466 e. The third-order valence-electron chi connectivity index (χ3n) is 4.36. The number of ether oxygens (including phenoxy) is 1. The Kier molecular flexibility index (Phi) is 5.87. The first-order chi connectivity index (χ1) is 12.6. The number of carbonyl (C=O) groups is 2. The molecule has 0 aliphatic carbocycles. The summed E-state index contributed by atoms with van der Waals surface area (Å²) in [6, 6.07) is 0. The van der Waals surface area contributed by atoms with Crippen molar-refractivity contribution in [2.24, 2.45) is 5.92 Å². The van der Waals surface area contributed by atoms with Crippen LogP contribution in [0.4, 0.5) is 5.82 Å². The van der Waals surface area contributed by atoms with E-state index in [1.807, 2.05) is 0 Å². The van der Waals surface area contributed by atoms with Gasteiger partial charge in [-0.1, -0.05) is 0 Å². The lowest BCUT2D eigenvalue weighted by Gasteiger charge is -2.31. The maximum Gasteiger partial charge on any atom is 0.309 e. The Hall–Kier alpha value is -2.42. The summed E-state index contributed by atoms with van der Waals surface area (Å²) < 4.78 is 5.05. The van der Waals surface area contributed by atoms with E-state index in [0.29, 0.717) is 62.5 Å². The second kappa shape index (κ2) is 8.31. The van der Waals surface area contributed by atoms with Crippen LogP contribution in [-0.4, -0.2) is 63.0 Å². The molecule has 140 valence electrons. The normalized spacial score (nSPS) is 15.2. The fraction of sp³-hybridized carbons (Fsp3) is 0.562. The van der Waals surface area contributed by atoms with Crippen molar-refractivity contribution in [2.45, 2.75) is 26.2 Å². The molecule has 1 aliphatic rings. The number of piperidine rings is 1. The van der Waals surface area contributed by atoms with Crippen molar-refractivity contribution in [2.75, 3.05) is 31.6 Å². The maximum absolute atomic E-state index is 12.4. The molecule has 26 heavy (non-hydrogen) atoms. The number of hydrogen-bond donors (Lipinski definition) is 2. The summed E-state index contributed by atoms with van der Waals surface area (Å²) >= 11 is 5.88. The number of nitrogens with zero attached hydrogens (tertiary/aromatic N) is 4. The first-order valence-electron chi connectivity index (χ1n) is 8.63. The van der Waals surface area contributed by atoms with E-state index in [9.17, 15) is 9.59 Å². The van der Waals surface area contributed by atoms with Gasteiger partial charge in [-0.3, -0.25) is 9.59 Å². The second-order valence-corrected chi connectivity index (χ2v) is 6.36. The molecule has 2 aromatic rings. The number of aromatic nitrogens is 4. The number of aromatic amines is 1. The van der Waals surface area contributed by atoms with Crippen LogP contribution < -0.4 is 5.32 Å². The zero-order valence-corrected chi connectivity index (χ0v) is 15.3. The molecule has 1 fully saturated rings. The van der Waals surface area contributed by atoms with E-state index >= 15 is 0 Å². The Labute approximate surface area is 155 Å². The molecular formula is C16H21ClN6O3. The third-order valence-corrected chi connectivity index (χ3v) is 4.53. The van der Waals surface area contributed by atoms with Gasteiger partial charge in [-0.25, -0.2) is 4.98 Å². The Morgan fingerprint density at radius 3 is 2.88 bits per heavy atom. The fourth-order valence-corrected chi connectivity index (χ4v) is 3.17. The molecule has 0 unspecified atom stereocenters. The molecule has 1 aliphatic heterocycles. The zero-order chi connectivity index (χ0) is 18.5. The first kappa shape index (κ1) is 18.4. The van der Waals surface area contributed by atoms with Crippen LogP contribution in [0, 0.1) is 5.92 Å².